The van der Waals surface area contributed by atoms with E-state index < -0.39 is 0 Å². The third-order valence-electron chi connectivity index (χ3n) is 5.68. The lowest BCUT2D eigenvalue weighted by molar-refractivity contribution is 0.376. The molecule has 0 bridgehead atoms. The number of nitriles is 1. The van der Waals surface area contributed by atoms with E-state index in [0.29, 0.717) is 21.1 Å². The number of thiophene rings is 1. The first-order chi connectivity index (χ1) is 16.5. The molecular weight excluding hydrogens is 464 g/mol. The molecular formula is C26H20N4O2S2. The van der Waals surface area contributed by atoms with E-state index in [4.69, 9.17) is 0 Å². The predicted octanol–water partition coefficient (Wildman–Crippen LogP) is 6.35. The van der Waals surface area contributed by atoms with Crippen molar-refractivity contribution in [2.45, 2.75) is 26.3 Å². The number of allylic oxidation sites excluding steroid dienone is 2. The predicted molar refractivity (Wildman–Crippen MR) is 138 cm³/mol. The average molecular weight is 485 g/mol. The van der Waals surface area contributed by atoms with Gasteiger partial charge in [-0.25, -0.2) is 9.97 Å². The number of aliphatic hydroxyl groups is 1. The number of benzene rings is 2. The van der Waals surface area contributed by atoms with E-state index in [1.54, 1.807) is 0 Å². The molecule has 0 atom stereocenters. The maximum Gasteiger partial charge on any atom is 0.263 e. The van der Waals surface area contributed by atoms with Gasteiger partial charge in [-0.3, -0.25) is 9.36 Å². The Kier molecular flexibility index (Phi) is 5.74. The van der Waals surface area contributed by atoms with Crippen molar-refractivity contribution in [3.05, 3.63) is 86.9 Å². The van der Waals surface area contributed by atoms with Gasteiger partial charge in [0.2, 0.25) is 0 Å². The molecule has 2 aromatic carbocycles. The Labute approximate surface area is 203 Å². The summed E-state index contributed by atoms with van der Waals surface area (Å²) in [5, 5.41) is 23.4. The highest BCUT2D eigenvalue weighted by atomic mass is 32.1. The summed E-state index contributed by atoms with van der Waals surface area (Å²) < 4.78 is 2.26. The smallest absolute Gasteiger partial charge is 0.263 e. The summed E-state index contributed by atoms with van der Waals surface area (Å²) in [5.74, 6) is 0.203. The van der Waals surface area contributed by atoms with Gasteiger partial charge < -0.3 is 5.11 Å². The lowest BCUT2D eigenvalue weighted by Crippen LogP contribution is -2.21. The Morgan fingerprint density at radius 1 is 1.18 bits per heavy atom. The highest BCUT2D eigenvalue weighted by molar-refractivity contribution is 7.19. The van der Waals surface area contributed by atoms with Crippen LogP contribution in [0, 0.1) is 11.3 Å². The minimum atomic E-state index is -0.262. The van der Waals surface area contributed by atoms with Gasteiger partial charge in [-0.2, -0.15) is 5.26 Å². The minimum absolute atomic E-state index is 0.0583. The number of aliphatic hydroxyl groups excluding tert-OH is 1. The van der Waals surface area contributed by atoms with E-state index >= 15 is 0 Å². The molecule has 0 fully saturated rings. The Hall–Kier alpha value is -3.80. The lowest BCUT2D eigenvalue weighted by Gasteiger charge is -2.08. The van der Waals surface area contributed by atoms with E-state index in [2.05, 4.69) is 35.9 Å². The van der Waals surface area contributed by atoms with Crippen molar-refractivity contribution in [3.63, 3.8) is 0 Å². The number of hydrogen-bond acceptors (Lipinski definition) is 7. The maximum atomic E-state index is 13.4. The quantitative estimate of drug-likeness (QED) is 0.232. The largest absolute Gasteiger partial charge is 0.509 e. The van der Waals surface area contributed by atoms with Crippen LogP contribution in [0.25, 0.3) is 37.1 Å². The molecule has 8 heteroatoms. The fraction of sp³-hybridized carbons (Fsp3) is 0.154. The topological polar surface area (TPSA) is 91.8 Å². The Morgan fingerprint density at radius 3 is 2.65 bits per heavy atom. The molecule has 0 unspecified atom stereocenters. The number of thiazole rings is 1. The van der Waals surface area contributed by atoms with Crippen molar-refractivity contribution in [1.82, 2.24) is 14.5 Å². The zero-order chi connectivity index (χ0) is 23.8. The molecule has 168 valence electrons. The van der Waals surface area contributed by atoms with Crippen LogP contribution in [-0.2, 0) is 6.54 Å². The second kappa shape index (κ2) is 8.86. The Balaban J connectivity index is 1.55. The summed E-state index contributed by atoms with van der Waals surface area (Å²) in [4.78, 5) is 22.9. The number of para-hydroxylation sites is 1. The SMILES string of the molecule is CC(C)c1ccc(-c2csc3ncn(C/C(O)=C(\C#N)c4nc5ccccc5s4)c(=O)c23)cc1. The van der Waals surface area contributed by atoms with Crippen molar-refractivity contribution in [2.75, 3.05) is 0 Å². The van der Waals surface area contributed by atoms with Gasteiger partial charge in [-0.1, -0.05) is 50.2 Å². The fourth-order valence-corrected chi connectivity index (χ4v) is 5.68. The number of rotatable bonds is 5. The van der Waals surface area contributed by atoms with Gasteiger partial charge in [-0.15, -0.1) is 22.7 Å². The molecule has 3 aromatic heterocycles. The van der Waals surface area contributed by atoms with Gasteiger partial charge in [-0.05, 0) is 29.2 Å². The van der Waals surface area contributed by atoms with Crippen LogP contribution in [0.3, 0.4) is 0 Å². The molecule has 6 nitrogen and oxygen atoms in total. The average Bonchev–Trinajstić information content (AvgIpc) is 3.46. The molecule has 5 rings (SSSR count). The van der Waals surface area contributed by atoms with Crippen molar-refractivity contribution in [1.29, 1.82) is 5.26 Å². The third-order valence-corrected chi connectivity index (χ3v) is 7.62. The first-order valence-electron chi connectivity index (χ1n) is 10.7. The minimum Gasteiger partial charge on any atom is -0.509 e. The molecule has 3 heterocycles. The van der Waals surface area contributed by atoms with Crippen LogP contribution in [0.2, 0.25) is 0 Å². The number of nitrogens with zero attached hydrogens (tertiary/aromatic N) is 4. The van der Waals surface area contributed by atoms with E-state index in [1.807, 2.05) is 47.8 Å². The van der Waals surface area contributed by atoms with Crippen LogP contribution in [0.4, 0.5) is 0 Å². The van der Waals surface area contributed by atoms with Crippen molar-refractivity contribution in [2.24, 2.45) is 0 Å². The molecule has 0 saturated heterocycles. The third kappa shape index (κ3) is 3.89. The molecule has 0 spiro atoms. The lowest BCUT2D eigenvalue weighted by atomic mass is 9.99. The van der Waals surface area contributed by atoms with Gasteiger partial charge in [0.1, 0.15) is 27.2 Å². The molecule has 1 N–H and O–H groups in total. The molecule has 0 aliphatic rings. The van der Waals surface area contributed by atoms with Crippen LogP contribution in [0.1, 0.15) is 30.3 Å². The van der Waals surface area contributed by atoms with Crippen LogP contribution < -0.4 is 5.56 Å². The fourth-order valence-electron chi connectivity index (χ4n) is 3.80. The van der Waals surface area contributed by atoms with Crippen molar-refractivity contribution in [3.8, 4) is 17.2 Å². The molecule has 0 amide bonds. The van der Waals surface area contributed by atoms with Gasteiger partial charge in [0.05, 0.1) is 28.5 Å². The summed E-state index contributed by atoms with van der Waals surface area (Å²) in [6.07, 6.45) is 1.41. The maximum absolute atomic E-state index is 13.4. The first kappa shape index (κ1) is 22.0. The number of aromatic nitrogens is 3. The zero-order valence-electron chi connectivity index (χ0n) is 18.5. The van der Waals surface area contributed by atoms with Gasteiger partial charge in [0, 0.05) is 10.9 Å². The van der Waals surface area contributed by atoms with E-state index in [0.717, 1.165) is 21.3 Å². The molecule has 0 aliphatic carbocycles. The van der Waals surface area contributed by atoms with E-state index in [1.165, 1.54) is 39.1 Å². The number of hydrogen-bond donors (Lipinski definition) is 1. The highest BCUT2D eigenvalue weighted by Crippen LogP contribution is 2.32. The second-order valence-corrected chi connectivity index (χ2v) is 10.1. The summed E-state index contributed by atoms with van der Waals surface area (Å²) in [5.41, 5.74) is 3.55. The zero-order valence-corrected chi connectivity index (χ0v) is 20.2. The van der Waals surface area contributed by atoms with Gasteiger partial charge >= 0.3 is 0 Å². The van der Waals surface area contributed by atoms with Crippen LogP contribution >= 0.6 is 22.7 Å². The van der Waals surface area contributed by atoms with Gasteiger partial charge in [0.25, 0.3) is 5.56 Å². The molecule has 0 aliphatic heterocycles. The number of fused-ring (bicyclic) bond motifs is 2. The molecule has 0 radical (unpaired) electrons. The molecule has 34 heavy (non-hydrogen) atoms. The van der Waals surface area contributed by atoms with Crippen molar-refractivity contribution >= 4 is 48.7 Å². The van der Waals surface area contributed by atoms with Crippen LogP contribution in [0.15, 0.2) is 70.8 Å². The summed E-state index contributed by atoms with van der Waals surface area (Å²) in [7, 11) is 0. The standard InChI is InChI=1S/C26H20N4O2S2/c1-15(2)16-7-9-17(10-8-16)19-13-33-25-23(19)26(32)30(14-28-25)12-21(31)18(11-27)24-29-20-5-3-4-6-22(20)34-24/h3-10,13-15,31H,12H2,1-2H3/b21-18-. The normalized spacial score (nSPS) is 12.3. The first-order valence-corrected chi connectivity index (χ1v) is 12.4. The van der Waals surface area contributed by atoms with Crippen LogP contribution in [-0.4, -0.2) is 19.6 Å². The molecule has 5 aromatic rings. The highest BCUT2D eigenvalue weighted by Gasteiger charge is 2.17. The van der Waals surface area contributed by atoms with Crippen molar-refractivity contribution < 1.29 is 5.11 Å². The monoisotopic (exact) mass is 484 g/mol. The van der Waals surface area contributed by atoms with Crippen LogP contribution in [0.5, 0.6) is 0 Å². The summed E-state index contributed by atoms with van der Waals surface area (Å²) in [6, 6.07) is 17.8. The molecule has 0 saturated carbocycles. The Morgan fingerprint density at radius 2 is 1.94 bits per heavy atom. The van der Waals surface area contributed by atoms with E-state index in [9.17, 15) is 15.2 Å². The summed E-state index contributed by atoms with van der Waals surface area (Å²) >= 11 is 2.74. The second-order valence-electron chi connectivity index (χ2n) is 8.20. The van der Waals surface area contributed by atoms with Gasteiger partial charge in [0.15, 0.2) is 0 Å². The van der Waals surface area contributed by atoms with E-state index in [-0.39, 0.29) is 23.4 Å². The summed E-state index contributed by atoms with van der Waals surface area (Å²) in [6.45, 7) is 4.12. The Bertz CT molecular complexity index is 1620.